The van der Waals surface area contributed by atoms with Crippen molar-refractivity contribution in [3.63, 3.8) is 0 Å². The Morgan fingerprint density at radius 2 is 1.79 bits per heavy atom. The quantitative estimate of drug-likeness (QED) is 0.381. The molecule has 2 rings (SSSR count). The van der Waals surface area contributed by atoms with E-state index >= 15 is 0 Å². The van der Waals surface area contributed by atoms with Crippen molar-refractivity contribution in [3.05, 3.63) is 28.7 Å². The van der Waals surface area contributed by atoms with E-state index in [1.807, 2.05) is 0 Å². The first-order valence-corrected chi connectivity index (χ1v) is 13.6. The topological polar surface area (TPSA) is 0 Å². The van der Waals surface area contributed by atoms with Gasteiger partial charge in [-0.05, 0) is 6.42 Å². The SMILES string of the molecule is CCC1=C(CC)C(CC)C2=C1[CH-]CCC2.[Cl][Ti+]([Cl])[Cl]. The zero-order valence-electron chi connectivity index (χ0n) is 12.0. The number of rotatable bonds is 3. The summed E-state index contributed by atoms with van der Waals surface area (Å²) in [6, 6.07) is 0. The molecule has 0 heterocycles. The Labute approximate surface area is 136 Å². The Balaban J connectivity index is 0.000000399. The molecule has 0 saturated carbocycles. The number of hydrogen-bond acceptors (Lipinski definition) is 0. The van der Waals surface area contributed by atoms with Crippen LogP contribution in [0.5, 0.6) is 0 Å². The fraction of sp³-hybridized carbons (Fsp3) is 0.667. The Morgan fingerprint density at radius 1 is 1.16 bits per heavy atom. The van der Waals surface area contributed by atoms with Crippen LogP contribution in [0.2, 0.25) is 0 Å². The van der Waals surface area contributed by atoms with Gasteiger partial charge >= 0.3 is 42.6 Å². The molecule has 1 atom stereocenters. The first kappa shape index (κ1) is 18.0. The molecule has 0 aliphatic heterocycles. The first-order valence-electron chi connectivity index (χ1n) is 7.18. The summed E-state index contributed by atoms with van der Waals surface area (Å²) in [5, 5.41) is 0. The average molecular weight is 358 g/mol. The van der Waals surface area contributed by atoms with Gasteiger partial charge in [0.2, 0.25) is 0 Å². The molecule has 2 aliphatic carbocycles. The molecule has 0 saturated heterocycles. The molecule has 19 heavy (non-hydrogen) atoms. The van der Waals surface area contributed by atoms with E-state index in [-0.39, 0.29) is 0 Å². The van der Waals surface area contributed by atoms with Crippen LogP contribution in [-0.4, -0.2) is 0 Å². The van der Waals surface area contributed by atoms with Gasteiger partial charge in [0.25, 0.3) is 0 Å². The molecule has 0 spiro atoms. The zero-order chi connectivity index (χ0) is 14.4. The number of halogens is 3. The van der Waals surface area contributed by atoms with Crippen molar-refractivity contribution < 1.29 is 14.7 Å². The molecule has 0 nitrogen and oxygen atoms in total. The molecule has 0 amide bonds. The number of allylic oxidation sites excluding steroid dienone is 4. The van der Waals surface area contributed by atoms with Crippen LogP contribution >= 0.6 is 27.9 Å². The summed E-state index contributed by atoms with van der Waals surface area (Å²) >= 11 is -1.92. The van der Waals surface area contributed by atoms with Crippen LogP contribution in [0.3, 0.4) is 0 Å². The zero-order valence-corrected chi connectivity index (χ0v) is 15.9. The van der Waals surface area contributed by atoms with Crippen molar-refractivity contribution in [3.8, 4) is 0 Å². The molecule has 0 N–H and O–H groups in total. The molecule has 2 aliphatic rings. The fourth-order valence-corrected chi connectivity index (χ4v) is 3.45. The van der Waals surface area contributed by atoms with Crippen LogP contribution in [0.1, 0.15) is 59.3 Å². The standard InChI is InChI=1S/C15H23.3ClH.Ti/c1-4-11-12(5-2)14-9-7-8-10-15(14)13(11)6-3;;;;/h9,13H,4-8,10H2,1-3H3;3*1H;/q-1;;;;+4/p-3. The maximum absolute atomic E-state index is 4.97. The molecule has 0 aromatic rings. The summed E-state index contributed by atoms with van der Waals surface area (Å²) < 4.78 is 0. The average Bonchev–Trinajstić information content (AvgIpc) is 2.70. The van der Waals surface area contributed by atoms with Crippen LogP contribution in [0.25, 0.3) is 0 Å². The van der Waals surface area contributed by atoms with Crippen LogP contribution in [0, 0.1) is 12.3 Å². The predicted octanol–water partition coefficient (Wildman–Crippen LogP) is 6.89. The molecule has 4 heteroatoms. The van der Waals surface area contributed by atoms with E-state index in [0.717, 1.165) is 5.92 Å². The van der Waals surface area contributed by atoms with Crippen molar-refractivity contribution in [1.29, 1.82) is 0 Å². The van der Waals surface area contributed by atoms with E-state index < -0.39 is 14.7 Å². The molecular weight excluding hydrogens is 334 g/mol. The Bertz CT molecular complexity index is 344. The third-order valence-electron chi connectivity index (χ3n) is 4.04. The molecular formula is C15H23Cl3Ti. The molecule has 0 aromatic carbocycles. The van der Waals surface area contributed by atoms with Gasteiger partial charge in [-0.15, -0.1) is 5.57 Å². The molecule has 108 valence electrons. The minimum absolute atomic E-state index is 0.802. The van der Waals surface area contributed by atoms with Gasteiger partial charge in [-0.3, -0.25) is 0 Å². The summed E-state index contributed by atoms with van der Waals surface area (Å²) in [6.45, 7) is 6.99. The van der Waals surface area contributed by atoms with Crippen molar-refractivity contribution >= 4 is 27.9 Å². The van der Waals surface area contributed by atoms with Crippen LogP contribution in [0.4, 0.5) is 0 Å². The Hall–Kier alpha value is 0.934. The second-order valence-corrected chi connectivity index (χ2v) is 12.7. The Kier molecular flexibility index (Phi) is 8.57. The van der Waals surface area contributed by atoms with E-state index in [4.69, 9.17) is 27.9 Å². The van der Waals surface area contributed by atoms with Crippen LogP contribution < -0.4 is 0 Å². The maximum atomic E-state index is 4.97. The van der Waals surface area contributed by atoms with E-state index in [1.165, 1.54) is 38.5 Å². The summed E-state index contributed by atoms with van der Waals surface area (Å²) in [6.07, 6.45) is 10.3. The number of hydrogen-bond donors (Lipinski definition) is 0. The van der Waals surface area contributed by atoms with Gasteiger partial charge in [0.05, 0.1) is 0 Å². The minimum atomic E-state index is -1.92. The van der Waals surface area contributed by atoms with Gasteiger partial charge in [-0.2, -0.15) is 23.1 Å². The fourth-order valence-electron chi connectivity index (χ4n) is 3.45. The first-order chi connectivity index (χ1) is 9.06. The molecule has 0 fully saturated rings. The van der Waals surface area contributed by atoms with Gasteiger partial charge in [-0.25, -0.2) is 0 Å². The second kappa shape index (κ2) is 9.05. The van der Waals surface area contributed by atoms with Gasteiger partial charge in [-0.1, -0.05) is 58.8 Å². The second-order valence-electron chi connectivity index (χ2n) is 4.92. The van der Waals surface area contributed by atoms with Crippen molar-refractivity contribution in [2.75, 3.05) is 0 Å². The molecule has 1 unspecified atom stereocenters. The van der Waals surface area contributed by atoms with Crippen LogP contribution in [0.15, 0.2) is 22.3 Å². The van der Waals surface area contributed by atoms with Crippen LogP contribution in [-0.2, 0) is 14.7 Å². The summed E-state index contributed by atoms with van der Waals surface area (Å²) in [5.74, 6) is 0.802. The van der Waals surface area contributed by atoms with Crippen molar-refractivity contribution in [1.82, 2.24) is 0 Å². The van der Waals surface area contributed by atoms with Gasteiger partial charge in [0.1, 0.15) is 0 Å². The summed E-state index contributed by atoms with van der Waals surface area (Å²) in [5.41, 5.74) is 6.88. The van der Waals surface area contributed by atoms with Gasteiger partial charge in [0, 0.05) is 0 Å². The molecule has 0 bridgehead atoms. The van der Waals surface area contributed by atoms with E-state index in [2.05, 4.69) is 27.2 Å². The third kappa shape index (κ3) is 4.72. The van der Waals surface area contributed by atoms with Crippen molar-refractivity contribution in [2.45, 2.75) is 59.3 Å². The molecule has 0 radical (unpaired) electrons. The van der Waals surface area contributed by atoms with E-state index in [1.54, 1.807) is 22.3 Å². The van der Waals surface area contributed by atoms with E-state index in [0.29, 0.717) is 0 Å². The normalized spacial score (nSPS) is 21.7. The molecule has 0 aromatic heterocycles. The summed E-state index contributed by atoms with van der Waals surface area (Å²) in [7, 11) is 14.9. The van der Waals surface area contributed by atoms with Gasteiger partial charge < -0.3 is 0 Å². The monoisotopic (exact) mass is 356 g/mol. The van der Waals surface area contributed by atoms with E-state index in [9.17, 15) is 0 Å². The van der Waals surface area contributed by atoms with Crippen molar-refractivity contribution in [2.24, 2.45) is 5.92 Å². The Morgan fingerprint density at radius 3 is 2.26 bits per heavy atom. The summed E-state index contributed by atoms with van der Waals surface area (Å²) in [4.78, 5) is 0. The van der Waals surface area contributed by atoms with Gasteiger partial charge in [0.15, 0.2) is 0 Å². The third-order valence-corrected chi connectivity index (χ3v) is 4.04. The predicted molar refractivity (Wildman–Crippen MR) is 84.1 cm³/mol.